The van der Waals surface area contributed by atoms with E-state index in [2.05, 4.69) is 31.0 Å². The highest BCUT2D eigenvalue weighted by molar-refractivity contribution is 6.08. The van der Waals surface area contributed by atoms with Gasteiger partial charge in [-0.3, -0.25) is 9.59 Å². The number of carbonyl (C=O) groups excluding carboxylic acids is 2. The van der Waals surface area contributed by atoms with Crippen LogP contribution in [0.25, 0.3) is 0 Å². The second-order valence-corrected chi connectivity index (χ2v) is 4.35. The summed E-state index contributed by atoms with van der Waals surface area (Å²) in [6.07, 6.45) is 0. The number of anilines is 1. The third-order valence-corrected chi connectivity index (χ3v) is 2.58. The summed E-state index contributed by atoms with van der Waals surface area (Å²) in [5.74, 6) is 4.76. The van der Waals surface area contributed by atoms with Crippen LogP contribution in [0.2, 0.25) is 0 Å². The molecule has 1 amide bonds. The molecule has 3 heteroatoms. The van der Waals surface area contributed by atoms with Gasteiger partial charge in [-0.1, -0.05) is 39.7 Å². The molecule has 1 N–H and O–H groups in total. The third-order valence-electron chi connectivity index (χ3n) is 2.58. The number of rotatable bonds is 3. The van der Waals surface area contributed by atoms with Crippen LogP contribution in [-0.2, 0) is 4.79 Å². The lowest BCUT2D eigenvalue weighted by Gasteiger charge is -2.11. The maximum Gasteiger partial charge on any atom is 0.300 e. The first-order valence-corrected chi connectivity index (χ1v) is 6.84. The topological polar surface area (TPSA) is 46.2 Å². The second-order valence-electron chi connectivity index (χ2n) is 4.35. The monoisotopic (exact) mass is 273 g/mol. The molecule has 0 heterocycles. The van der Waals surface area contributed by atoms with Gasteiger partial charge in [-0.05, 0) is 43.4 Å². The lowest BCUT2D eigenvalue weighted by atomic mass is 9.98. The Hall–Kier alpha value is -2.08. The summed E-state index contributed by atoms with van der Waals surface area (Å²) in [6.45, 7) is 11.2. The van der Waals surface area contributed by atoms with E-state index in [9.17, 15) is 9.59 Å². The van der Waals surface area contributed by atoms with Gasteiger partial charge in [0.1, 0.15) is 0 Å². The molecule has 1 aromatic carbocycles. The molecule has 0 saturated heterocycles. The quantitative estimate of drug-likeness (QED) is 0.668. The molecule has 0 atom stereocenters. The largest absolute Gasteiger partial charge is 0.314 e. The highest BCUT2D eigenvalue weighted by Gasteiger charge is 2.11. The zero-order valence-electron chi connectivity index (χ0n) is 13.1. The normalized spacial score (nSPS) is 8.95. The van der Waals surface area contributed by atoms with Gasteiger partial charge in [0.05, 0.1) is 5.69 Å². The van der Waals surface area contributed by atoms with E-state index in [4.69, 9.17) is 0 Å². The first-order valence-electron chi connectivity index (χ1n) is 6.84. The van der Waals surface area contributed by atoms with Crippen molar-refractivity contribution in [2.24, 2.45) is 0 Å². The predicted octanol–water partition coefficient (Wildman–Crippen LogP) is 4.00. The van der Waals surface area contributed by atoms with E-state index < -0.39 is 5.91 Å². The first-order chi connectivity index (χ1) is 9.45. The minimum absolute atomic E-state index is 0.0720. The smallest absolute Gasteiger partial charge is 0.300 e. The molecule has 0 bridgehead atoms. The Labute approximate surface area is 121 Å². The molecule has 3 nitrogen and oxygen atoms in total. The van der Waals surface area contributed by atoms with Gasteiger partial charge in [0.15, 0.2) is 5.78 Å². The number of hydrogen-bond donors (Lipinski definition) is 1. The van der Waals surface area contributed by atoms with Crippen molar-refractivity contribution in [3.05, 3.63) is 29.3 Å². The highest BCUT2D eigenvalue weighted by Crippen LogP contribution is 2.23. The number of hydrogen-bond acceptors (Lipinski definition) is 2. The summed E-state index contributed by atoms with van der Waals surface area (Å²) in [5, 5.41) is 2.63. The van der Waals surface area contributed by atoms with Gasteiger partial charge >= 0.3 is 0 Å². The average molecular weight is 273 g/mol. The lowest BCUT2D eigenvalue weighted by Crippen LogP contribution is -2.12. The van der Waals surface area contributed by atoms with Crippen LogP contribution in [0.5, 0.6) is 0 Å². The van der Waals surface area contributed by atoms with E-state index >= 15 is 0 Å². The molecule has 0 aliphatic heterocycles. The van der Waals surface area contributed by atoms with Crippen molar-refractivity contribution in [3.63, 3.8) is 0 Å². The molecule has 20 heavy (non-hydrogen) atoms. The summed E-state index contributed by atoms with van der Waals surface area (Å²) < 4.78 is 0. The van der Waals surface area contributed by atoms with Crippen LogP contribution in [0.15, 0.2) is 18.2 Å². The van der Waals surface area contributed by atoms with E-state index in [-0.39, 0.29) is 5.78 Å². The van der Waals surface area contributed by atoms with E-state index in [0.29, 0.717) is 17.2 Å². The fourth-order valence-corrected chi connectivity index (χ4v) is 1.59. The predicted molar refractivity (Wildman–Crippen MR) is 84.0 cm³/mol. The standard InChI is InChI=1S/C15H17NO2.C2H6/c1-5-6-15(18)16-14-8-7-12(10(2)3)9-13(14)11(4)17;1-2/h7-10H,1-4H3,(H,16,18);1-2H3. The summed E-state index contributed by atoms with van der Waals surface area (Å²) in [6, 6.07) is 5.48. The Balaban J connectivity index is 0.00000172. The van der Waals surface area contributed by atoms with Crippen LogP contribution in [0, 0.1) is 11.8 Å². The fourth-order valence-electron chi connectivity index (χ4n) is 1.59. The molecular formula is C17H23NO2. The van der Waals surface area contributed by atoms with Crippen LogP contribution in [0.1, 0.15) is 63.4 Å². The summed E-state index contributed by atoms with van der Waals surface area (Å²) >= 11 is 0. The van der Waals surface area contributed by atoms with Crippen LogP contribution >= 0.6 is 0 Å². The Bertz CT molecular complexity index is 534. The van der Waals surface area contributed by atoms with E-state index in [1.54, 1.807) is 13.0 Å². The molecule has 1 aromatic rings. The van der Waals surface area contributed by atoms with Crippen molar-refractivity contribution >= 4 is 17.4 Å². The second kappa shape index (κ2) is 8.92. The Morgan fingerprint density at radius 2 is 1.80 bits per heavy atom. The maximum absolute atomic E-state index is 11.6. The van der Waals surface area contributed by atoms with Crippen LogP contribution in [-0.4, -0.2) is 11.7 Å². The number of amides is 1. The van der Waals surface area contributed by atoms with Gasteiger partial charge in [0.25, 0.3) is 5.91 Å². The Morgan fingerprint density at radius 3 is 2.25 bits per heavy atom. The Morgan fingerprint density at radius 1 is 1.20 bits per heavy atom. The number of benzene rings is 1. The van der Waals surface area contributed by atoms with Crippen molar-refractivity contribution in [2.75, 3.05) is 5.32 Å². The van der Waals surface area contributed by atoms with Crippen LogP contribution in [0.4, 0.5) is 5.69 Å². The van der Waals surface area contributed by atoms with Crippen molar-refractivity contribution in [3.8, 4) is 11.8 Å². The summed E-state index contributed by atoms with van der Waals surface area (Å²) in [7, 11) is 0. The minimum atomic E-state index is -0.405. The van der Waals surface area contributed by atoms with Gasteiger partial charge in [-0.25, -0.2) is 0 Å². The van der Waals surface area contributed by atoms with E-state index in [1.165, 1.54) is 6.92 Å². The third kappa shape index (κ3) is 5.27. The van der Waals surface area contributed by atoms with Crippen molar-refractivity contribution in [1.29, 1.82) is 0 Å². The highest BCUT2D eigenvalue weighted by atomic mass is 16.1. The van der Waals surface area contributed by atoms with Crippen molar-refractivity contribution in [2.45, 2.75) is 47.5 Å². The molecule has 0 unspecified atom stereocenters. The van der Waals surface area contributed by atoms with Gasteiger partial charge in [-0.15, -0.1) is 0 Å². The summed E-state index contributed by atoms with van der Waals surface area (Å²) in [4.78, 5) is 23.0. The molecule has 0 aliphatic rings. The number of ketones is 1. The summed E-state index contributed by atoms with van der Waals surface area (Å²) in [5.41, 5.74) is 2.10. The number of Topliss-reactive ketones (excluding diaryl/α,β-unsaturated/α-hetero) is 1. The van der Waals surface area contributed by atoms with Gasteiger partial charge in [-0.2, -0.15) is 0 Å². The number of nitrogens with one attached hydrogen (secondary N) is 1. The molecule has 0 fully saturated rings. The van der Waals surface area contributed by atoms with Gasteiger partial charge in [0, 0.05) is 5.56 Å². The fraction of sp³-hybridized carbons (Fsp3) is 0.412. The van der Waals surface area contributed by atoms with Crippen LogP contribution < -0.4 is 5.32 Å². The zero-order chi connectivity index (χ0) is 15.7. The molecule has 1 rings (SSSR count). The average Bonchev–Trinajstić information content (AvgIpc) is 2.41. The maximum atomic E-state index is 11.6. The SMILES string of the molecule is CC.CC#CC(=O)Nc1ccc(C(C)C)cc1C(C)=O. The number of carbonyl (C=O) groups is 2. The molecule has 0 aromatic heterocycles. The molecule has 0 radical (unpaired) electrons. The minimum Gasteiger partial charge on any atom is -0.314 e. The van der Waals surface area contributed by atoms with Crippen molar-refractivity contribution in [1.82, 2.24) is 0 Å². The molecule has 0 saturated carbocycles. The van der Waals surface area contributed by atoms with Crippen LogP contribution in [0.3, 0.4) is 0 Å². The zero-order valence-corrected chi connectivity index (χ0v) is 13.1. The first kappa shape index (κ1) is 17.9. The molecule has 0 spiro atoms. The van der Waals surface area contributed by atoms with Gasteiger partial charge < -0.3 is 5.32 Å². The van der Waals surface area contributed by atoms with Crippen molar-refractivity contribution < 1.29 is 9.59 Å². The lowest BCUT2D eigenvalue weighted by molar-refractivity contribution is -0.111. The van der Waals surface area contributed by atoms with E-state index in [0.717, 1.165) is 5.56 Å². The van der Waals surface area contributed by atoms with Gasteiger partial charge in [0.2, 0.25) is 0 Å². The molecule has 108 valence electrons. The molecule has 0 aliphatic carbocycles. The van der Waals surface area contributed by atoms with E-state index in [1.807, 2.05) is 26.0 Å². The molecular weight excluding hydrogens is 250 g/mol. The Kier molecular flexibility index (Phi) is 8.00.